The van der Waals surface area contributed by atoms with Crippen molar-refractivity contribution < 1.29 is 13.9 Å². The van der Waals surface area contributed by atoms with Crippen molar-refractivity contribution in [1.29, 1.82) is 0 Å². The van der Waals surface area contributed by atoms with E-state index in [1.165, 1.54) is 6.07 Å². The molecular formula is C25H25BFN3O2. The largest absolute Gasteiger partial charge is 0.497 e. The summed E-state index contributed by atoms with van der Waals surface area (Å²) >= 11 is 0. The van der Waals surface area contributed by atoms with Gasteiger partial charge in [0.1, 0.15) is 19.4 Å². The molecule has 3 aromatic rings. The number of benzene rings is 3. The summed E-state index contributed by atoms with van der Waals surface area (Å²) in [5, 5.41) is 6.31. The lowest BCUT2D eigenvalue weighted by atomic mass is 9.96. The van der Waals surface area contributed by atoms with Crippen LogP contribution in [0.2, 0.25) is 0 Å². The Morgan fingerprint density at radius 2 is 1.94 bits per heavy atom. The molecule has 0 saturated carbocycles. The van der Waals surface area contributed by atoms with Gasteiger partial charge in [0, 0.05) is 31.6 Å². The van der Waals surface area contributed by atoms with Gasteiger partial charge in [0.05, 0.1) is 24.5 Å². The molecule has 2 aliphatic heterocycles. The van der Waals surface area contributed by atoms with Gasteiger partial charge in [-0.25, -0.2) is 4.39 Å². The number of ether oxygens (including phenoxy) is 1. The second kappa shape index (κ2) is 9.87. The Morgan fingerprint density at radius 3 is 2.69 bits per heavy atom. The number of rotatable bonds is 2. The average Bonchev–Trinajstić information content (AvgIpc) is 2.94. The van der Waals surface area contributed by atoms with Crippen molar-refractivity contribution in [1.82, 2.24) is 5.32 Å². The first-order valence-corrected chi connectivity index (χ1v) is 10.6. The third-order valence-corrected chi connectivity index (χ3v) is 5.63. The summed E-state index contributed by atoms with van der Waals surface area (Å²) in [6.07, 6.45) is 0.469. The fourth-order valence-corrected chi connectivity index (χ4v) is 4.06. The van der Waals surface area contributed by atoms with Gasteiger partial charge in [0.2, 0.25) is 5.91 Å². The molecule has 0 spiro atoms. The minimum atomic E-state index is -0.234. The summed E-state index contributed by atoms with van der Waals surface area (Å²) < 4.78 is 19.0. The fraction of sp³-hybridized carbons (Fsp3) is 0.240. The highest BCUT2D eigenvalue weighted by Crippen LogP contribution is 2.36. The van der Waals surface area contributed by atoms with E-state index >= 15 is 0 Å². The molecule has 0 aromatic heterocycles. The van der Waals surface area contributed by atoms with Gasteiger partial charge in [0.25, 0.3) is 0 Å². The zero-order valence-electron chi connectivity index (χ0n) is 18.0. The zero-order valence-corrected chi connectivity index (χ0v) is 18.0. The summed E-state index contributed by atoms with van der Waals surface area (Å²) in [7, 11) is 7.07. The zero-order chi connectivity index (χ0) is 22.5. The highest BCUT2D eigenvalue weighted by Gasteiger charge is 2.30. The Bertz CT molecular complexity index is 1110. The quantitative estimate of drug-likeness (QED) is 0.615. The SMILES string of the molecule is O=C1CC2CNCCN2c2cc(-c3ccccc3F)ccc2N1.[B]c1cccc(OC)c1. The van der Waals surface area contributed by atoms with Gasteiger partial charge in [0.15, 0.2) is 0 Å². The van der Waals surface area contributed by atoms with E-state index in [1.54, 1.807) is 25.3 Å². The lowest BCUT2D eigenvalue weighted by Gasteiger charge is -2.36. The molecule has 0 aliphatic carbocycles. The van der Waals surface area contributed by atoms with Crippen molar-refractivity contribution in [3.63, 3.8) is 0 Å². The summed E-state index contributed by atoms with van der Waals surface area (Å²) in [5.41, 5.74) is 3.92. The van der Waals surface area contributed by atoms with E-state index in [1.807, 2.05) is 42.5 Å². The maximum Gasteiger partial charge on any atom is 0.226 e. The molecule has 162 valence electrons. The maximum absolute atomic E-state index is 14.1. The molecule has 32 heavy (non-hydrogen) atoms. The second-order valence-corrected chi connectivity index (χ2v) is 7.79. The lowest BCUT2D eigenvalue weighted by molar-refractivity contribution is -0.116. The number of carbonyl (C=O) groups is 1. The number of carbonyl (C=O) groups excluding carboxylic acids is 1. The van der Waals surface area contributed by atoms with Crippen molar-refractivity contribution >= 4 is 30.6 Å². The Hall–Kier alpha value is -3.32. The maximum atomic E-state index is 14.1. The van der Waals surface area contributed by atoms with Gasteiger partial charge < -0.3 is 20.3 Å². The van der Waals surface area contributed by atoms with Gasteiger partial charge in [-0.3, -0.25) is 4.79 Å². The van der Waals surface area contributed by atoms with Gasteiger partial charge in [-0.15, -0.1) is 0 Å². The number of amides is 1. The minimum absolute atomic E-state index is 0.0288. The first-order valence-electron chi connectivity index (χ1n) is 10.6. The van der Waals surface area contributed by atoms with Gasteiger partial charge in [-0.2, -0.15) is 0 Å². The fourth-order valence-electron chi connectivity index (χ4n) is 4.06. The van der Waals surface area contributed by atoms with Crippen molar-refractivity contribution in [3.05, 3.63) is 72.5 Å². The molecule has 7 heteroatoms. The van der Waals surface area contributed by atoms with Crippen LogP contribution in [0.3, 0.4) is 0 Å². The van der Waals surface area contributed by atoms with Crippen molar-refractivity contribution in [2.75, 3.05) is 37.0 Å². The van der Waals surface area contributed by atoms with E-state index in [0.29, 0.717) is 12.0 Å². The third-order valence-electron chi connectivity index (χ3n) is 5.63. The van der Waals surface area contributed by atoms with Crippen LogP contribution in [0.4, 0.5) is 15.8 Å². The number of piperazine rings is 1. The van der Waals surface area contributed by atoms with Gasteiger partial charge >= 0.3 is 0 Å². The van der Waals surface area contributed by atoms with E-state index in [0.717, 1.165) is 47.8 Å². The first-order chi connectivity index (χ1) is 15.5. The normalized spacial score (nSPS) is 17.1. The van der Waals surface area contributed by atoms with Crippen LogP contribution in [-0.4, -0.2) is 46.5 Å². The molecule has 1 atom stereocenters. The molecule has 2 aliphatic rings. The Kier molecular flexibility index (Phi) is 6.76. The summed E-state index contributed by atoms with van der Waals surface area (Å²) in [6, 6.07) is 19.9. The van der Waals surface area contributed by atoms with Crippen LogP contribution in [0.5, 0.6) is 5.75 Å². The van der Waals surface area contributed by atoms with Crippen LogP contribution in [0, 0.1) is 5.82 Å². The molecule has 1 saturated heterocycles. The molecule has 5 rings (SSSR count). The van der Waals surface area contributed by atoms with E-state index in [4.69, 9.17) is 12.6 Å². The van der Waals surface area contributed by atoms with E-state index < -0.39 is 0 Å². The number of hydrogen-bond donors (Lipinski definition) is 2. The Morgan fingerprint density at radius 1 is 1.09 bits per heavy atom. The van der Waals surface area contributed by atoms with E-state index in [2.05, 4.69) is 15.5 Å². The Balaban J connectivity index is 0.000000230. The highest BCUT2D eigenvalue weighted by atomic mass is 19.1. The van der Waals surface area contributed by atoms with Crippen LogP contribution in [0.15, 0.2) is 66.7 Å². The van der Waals surface area contributed by atoms with Crippen molar-refractivity contribution in [2.24, 2.45) is 0 Å². The predicted octanol–water partition coefficient (Wildman–Crippen LogP) is 3.10. The summed E-state index contributed by atoms with van der Waals surface area (Å²) in [5.74, 6) is 0.595. The van der Waals surface area contributed by atoms with Gasteiger partial charge in [-0.1, -0.05) is 41.9 Å². The van der Waals surface area contributed by atoms with Crippen LogP contribution in [-0.2, 0) is 4.79 Å². The number of anilines is 2. The second-order valence-electron chi connectivity index (χ2n) is 7.79. The molecule has 0 bridgehead atoms. The number of methoxy groups -OCH3 is 1. The number of nitrogens with zero attached hydrogens (tertiary/aromatic N) is 1. The minimum Gasteiger partial charge on any atom is -0.497 e. The molecule has 2 heterocycles. The first kappa shape index (κ1) is 21.9. The highest BCUT2D eigenvalue weighted by molar-refractivity contribution is 6.32. The molecule has 1 fully saturated rings. The average molecular weight is 429 g/mol. The lowest BCUT2D eigenvalue weighted by Crippen LogP contribution is -2.51. The van der Waals surface area contributed by atoms with Crippen molar-refractivity contribution in [2.45, 2.75) is 12.5 Å². The molecule has 1 unspecified atom stereocenters. The third kappa shape index (κ3) is 4.94. The number of halogens is 1. The number of fused-ring (bicyclic) bond motifs is 3. The summed E-state index contributed by atoms with van der Waals surface area (Å²) in [6.45, 7) is 2.51. The smallest absolute Gasteiger partial charge is 0.226 e. The predicted molar refractivity (Wildman–Crippen MR) is 127 cm³/mol. The topological polar surface area (TPSA) is 53.6 Å². The van der Waals surface area contributed by atoms with Gasteiger partial charge in [-0.05, 0) is 35.9 Å². The van der Waals surface area contributed by atoms with Crippen LogP contribution >= 0.6 is 0 Å². The molecule has 1 amide bonds. The molecule has 2 N–H and O–H groups in total. The molecule has 5 nitrogen and oxygen atoms in total. The standard InChI is InChI=1S/C18H18FN3O.C7H7BO/c19-15-4-2-1-3-14(15)12-5-6-16-17(9-12)22-8-7-20-11-13(22)10-18(23)21-16;1-9-7-4-2-3-6(8)5-7/h1-6,9,13,20H,7-8,10-11H2,(H,21,23);2-5H,1H3. The van der Waals surface area contributed by atoms with E-state index in [-0.39, 0.29) is 17.8 Å². The summed E-state index contributed by atoms with van der Waals surface area (Å²) in [4.78, 5) is 14.3. The molecular weight excluding hydrogens is 404 g/mol. The van der Waals surface area contributed by atoms with Crippen LogP contribution in [0.25, 0.3) is 11.1 Å². The van der Waals surface area contributed by atoms with E-state index in [9.17, 15) is 9.18 Å². The van der Waals surface area contributed by atoms with Crippen LogP contribution in [0.1, 0.15) is 6.42 Å². The number of nitrogens with one attached hydrogen (secondary N) is 2. The van der Waals surface area contributed by atoms with Crippen molar-refractivity contribution in [3.8, 4) is 16.9 Å². The Labute approximate surface area is 189 Å². The monoisotopic (exact) mass is 429 g/mol. The molecule has 2 radical (unpaired) electrons. The number of hydrogen-bond acceptors (Lipinski definition) is 4. The molecule has 3 aromatic carbocycles. The van der Waals surface area contributed by atoms with Crippen LogP contribution < -0.4 is 25.7 Å².